The van der Waals surface area contributed by atoms with Crippen molar-refractivity contribution in [2.75, 3.05) is 0 Å². The summed E-state index contributed by atoms with van der Waals surface area (Å²) >= 11 is 5.77. The van der Waals surface area contributed by atoms with E-state index in [0.717, 1.165) is 5.56 Å². The van der Waals surface area contributed by atoms with Crippen molar-refractivity contribution in [1.82, 2.24) is 5.43 Å². The number of nitrogens with one attached hydrogen (secondary N) is 1. The number of hydrogen-bond acceptors (Lipinski definition) is 2. The van der Waals surface area contributed by atoms with Crippen molar-refractivity contribution < 1.29 is 9.18 Å². The Kier molecular flexibility index (Phi) is 2.86. The van der Waals surface area contributed by atoms with Crippen LogP contribution in [-0.4, -0.2) is 12.1 Å². The summed E-state index contributed by atoms with van der Waals surface area (Å²) in [6.07, 6.45) is -0.581. The van der Waals surface area contributed by atoms with Crippen LogP contribution in [0.5, 0.6) is 0 Å². The van der Waals surface area contributed by atoms with E-state index in [1.807, 2.05) is 0 Å². The molecule has 0 radical (unpaired) electrons. The first kappa shape index (κ1) is 11.4. The molecular weight excluding hydrogens is 231 g/mol. The van der Waals surface area contributed by atoms with Gasteiger partial charge in [0.05, 0.1) is 5.41 Å². The third-order valence-corrected chi connectivity index (χ3v) is 3.35. The van der Waals surface area contributed by atoms with E-state index in [4.69, 9.17) is 17.4 Å². The summed E-state index contributed by atoms with van der Waals surface area (Å²) in [5.41, 5.74) is 2.04. The minimum Gasteiger partial charge on any atom is -0.293 e. The molecule has 0 saturated heterocycles. The van der Waals surface area contributed by atoms with E-state index in [2.05, 4.69) is 5.43 Å². The zero-order chi connectivity index (χ0) is 11.8. The molecule has 0 aliphatic heterocycles. The van der Waals surface area contributed by atoms with Crippen LogP contribution in [-0.2, 0) is 10.2 Å². The topological polar surface area (TPSA) is 55.1 Å². The Morgan fingerprint density at radius 3 is 2.44 bits per heavy atom. The molecule has 0 aromatic heterocycles. The molecule has 0 heterocycles. The van der Waals surface area contributed by atoms with E-state index < -0.39 is 11.6 Å². The summed E-state index contributed by atoms with van der Waals surface area (Å²) in [5, 5.41) is 0.586. The molecule has 1 saturated carbocycles. The minimum absolute atomic E-state index is 0.178. The predicted octanol–water partition coefficient (Wildman–Crippen LogP) is 1.70. The van der Waals surface area contributed by atoms with Gasteiger partial charge in [-0.25, -0.2) is 10.2 Å². The Hall–Kier alpha value is -1.13. The van der Waals surface area contributed by atoms with Crippen LogP contribution in [0.2, 0.25) is 5.02 Å². The largest absolute Gasteiger partial charge is 0.293 e. The quantitative estimate of drug-likeness (QED) is 0.471. The van der Waals surface area contributed by atoms with Gasteiger partial charge in [-0.05, 0) is 30.5 Å². The van der Waals surface area contributed by atoms with Crippen molar-refractivity contribution in [1.29, 1.82) is 0 Å². The highest BCUT2D eigenvalue weighted by Crippen LogP contribution is 2.45. The summed E-state index contributed by atoms with van der Waals surface area (Å²) in [6.45, 7) is 0. The zero-order valence-electron chi connectivity index (χ0n) is 8.54. The number of halogens is 2. The molecule has 0 bridgehead atoms. The Labute approximate surface area is 97.7 Å². The molecule has 1 amide bonds. The second kappa shape index (κ2) is 4.03. The molecule has 1 aliphatic carbocycles. The first-order chi connectivity index (χ1) is 7.58. The maximum absolute atomic E-state index is 13.0. The average molecular weight is 243 g/mol. The monoisotopic (exact) mass is 242 g/mol. The van der Waals surface area contributed by atoms with Gasteiger partial charge in [0.25, 0.3) is 0 Å². The van der Waals surface area contributed by atoms with E-state index in [1.54, 1.807) is 24.3 Å². The van der Waals surface area contributed by atoms with E-state index >= 15 is 0 Å². The highest BCUT2D eigenvalue weighted by Gasteiger charge is 2.51. The predicted molar refractivity (Wildman–Crippen MR) is 59.6 cm³/mol. The van der Waals surface area contributed by atoms with Crippen LogP contribution in [0.4, 0.5) is 4.39 Å². The van der Waals surface area contributed by atoms with Gasteiger partial charge in [0.15, 0.2) is 0 Å². The van der Waals surface area contributed by atoms with Gasteiger partial charge in [-0.3, -0.25) is 10.2 Å². The summed E-state index contributed by atoms with van der Waals surface area (Å²) < 4.78 is 13.0. The van der Waals surface area contributed by atoms with E-state index in [9.17, 15) is 9.18 Å². The van der Waals surface area contributed by atoms with Crippen LogP contribution in [0.3, 0.4) is 0 Å². The number of carbonyl (C=O) groups excluding carboxylic acids is 1. The van der Waals surface area contributed by atoms with Crippen molar-refractivity contribution in [3.63, 3.8) is 0 Å². The Balaban J connectivity index is 2.34. The summed E-state index contributed by atoms with van der Waals surface area (Å²) in [7, 11) is 0. The molecule has 3 nitrogen and oxygen atoms in total. The number of alkyl halides is 1. The van der Waals surface area contributed by atoms with Crippen LogP contribution in [0, 0.1) is 0 Å². The standard InChI is InChI=1S/C11H12ClFN2O/c12-8-3-1-7(2-4-8)11(10(16)15-14)5-9(13)6-11/h1-4,9H,5-6,14H2,(H,15,16). The highest BCUT2D eigenvalue weighted by molar-refractivity contribution is 6.30. The van der Waals surface area contributed by atoms with Crippen molar-refractivity contribution >= 4 is 17.5 Å². The second-order valence-electron chi connectivity index (χ2n) is 4.07. The summed E-state index contributed by atoms with van der Waals surface area (Å²) in [5.74, 6) is 4.79. The van der Waals surface area contributed by atoms with Gasteiger partial charge in [0.2, 0.25) is 5.91 Å². The summed E-state index contributed by atoms with van der Waals surface area (Å²) in [6, 6.07) is 6.86. The molecule has 5 heteroatoms. The third-order valence-electron chi connectivity index (χ3n) is 3.10. The average Bonchev–Trinajstić information content (AvgIpc) is 2.25. The SMILES string of the molecule is NNC(=O)C1(c2ccc(Cl)cc2)CC(F)C1. The number of benzene rings is 1. The van der Waals surface area contributed by atoms with Crippen molar-refractivity contribution in [2.45, 2.75) is 24.4 Å². The molecule has 16 heavy (non-hydrogen) atoms. The van der Waals surface area contributed by atoms with Crippen LogP contribution in [0.15, 0.2) is 24.3 Å². The first-order valence-corrected chi connectivity index (χ1v) is 5.37. The molecule has 0 spiro atoms. The van der Waals surface area contributed by atoms with Gasteiger partial charge < -0.3 is 0 Å². The zero-order valence-corrected chi connectivity index (χ0v) is 9.30. The molecule has 1 aromatic rings. The fourth-order valence-electron chi connectivity index (χ4n) is 2.16. The maximum Gasteiger partial charge on any atom is 0.244 e. The molecule has 3 N–H and O–H groups in total. The second-order valence-corrected chi connectivity index (χ2v) is 4.50. The Morgan fingerprint density at radius 2 is 2.00 bits per heavy atom. The van der Waals surface area contributed by atoms with Crippen molar-refractivity contribution in [3.8, 4) is 0 Å². The lowest BCUT2D eigenvalue weighted by Gasteiger charge is -2.42. The lowest BCUT2D eigenvalue weighted by atomic mass is 9.63. The van der Waals surface area contributed by atoms with Crippen LogP contribution >= 0.6 is 11.6 Å². The molecular formula is C11H12ClFN2O. The lowest BCUT2D eigenvalue weighted by Crippen LogP contribution is -2.55. The molecule has 0 atom stereocenters. The Bertz CT molecular complexity index is 401. The van der Waals surface area contributed by atoms with Gasteiger partial charge in [-0.2, -0.15) is 0 Å². The van der Waals surface area contributed by atoms with Crippen LogP contribution in [0.1, 0.15) is 18.4 Å². The molecule has 86 valence electrons. The first-order valence-electron chi connectivity index (χ1n) is 4.99. The fraction of sp³-hybridized carbons (Fsp3) is 0.364. The van der Waals surface area contributed by atoms with E-state index in [-0.39, 0.29) is 18.7 Å². The number of hydrogen-bond donors (Lipinski definition) is 2. The minimum atomic E-state index is -0.937. The van der Waals surface area contributed by atoms with Crippen LogP contribution < -0.4 is 11.3 Å². The van der Waals surface area contributed by atoms with Gasteiger partial charge in [-0.15, -0.1) is 0 Å². The molecule has 2 rings (SSSR count). The fourth-order valence-corrected chi connectivity index (χ4v) is 2.28. The number of carbonyl (C=O) groups is 1. The maximum atomic E-state index is 13.0. The van der Waals surface area contributed by atoms with Gasteiger partial charge in [0, 0.05) is 5.02 Å². The number of amides is 1. The van der Waals surface area contributed by atoms with Crippen molar-refractivity contribution in [2.24, 2.45) is 5.84 Å². The smallest absolute Gasteiger partial charge is 0.244 e. The number of rotatable bonds is 2. The molecule has 1 aromatic carbocycles. The van der Waals surface area contributed by atoms with Gasteiger partial charge in [0.1, 0.15) is 6.17 Å². The lowest BCUT2D eigenvalue weighted by molar-refractivity contribution is -0.132. The van der Waals surface area contributed by atoms with Crippen molar-refractivity contribution in [3.05, 3.63) is 34.9 Å². The highest BCUT2D eigenvalue weighted by atomic mass is 35.5. The van der Waals surface area contributed by atoms with E-state index in [1.165, 1.54) is 0 Å². The van der Waals surface area contributed by atoms with E-state index in [0.29, 0.717) is 5.02 Å². The Morgan fingerprint density at radius 1 is 1.44 bits per heavy atom. The summed E-state index contributed by atoms with van der Waals surface area (Å²) in [4.78, 5) is 11.7. The normalized spacial score (nSPS) is 28.3. The third kappa shape index (κ3) is 1.68. The van der Waals surface area contributed by atoms with Gasteiger partial charge >= 0.3 is 0 Å². The number of nitrogens with two attached hydrogens (primary N) is 1. The molecule has 1 fully saturated rings. The molecule has 1 aliphatic rings. The van der Waals surface area contributed by atoms with Gasteiger partial charge in [-0.1, -0.05) is 23.7 Å². The number of hydrazine groups is 1. The van der Waals surface area contributed by atoms with Crippen LogP contribution in [0.25, 0.3) is 0 Å². The molecule has 0 unspecified atom stereocenters.